The van der Waals surface area contributed by atoms with Gasteiger partial charge in [0.1, 0.15) is 11.7 Å². The predicted octanol–water partition coefficient (Wildman–Crippen LogP) is 2.23. The normalized spacial score (nSPS) is 12.1. The number of Topliss-reactive ketones (excluding diaryl/α,β-unsaturated/α-hetero) is 1. The molecule has 0 saturated carbocycles. The third-order valence-electron chi connectivity index (χ3n) is 5.24. The van der Waals surface area contributed by atoms with Gasteiger partial charge in [-0.05, 0) is 11.6 Å². The Kier molecular flexibility index (Phi) is 6.17. The van der Waals surface area contributed by atoms with Crippen LogP contribution in [0.1, 0.15) is 22.5 Å². The van der Waals surface area contributed by atoms with Crippen LogP contribution < -0.4 is 11.1 Å². The number of rotatable bonds is 8. The molecule has 2 amide bonds. The molecular weight excluding hydrogens is 446 g/mol. The van der Waals surface area contributed by atoms with Crippen LogP contribution >= 0.6 is 0 Å². The van der Waals surface area contributed by atoms with E-state index in [1.807, 2.05) is 0 Å². The number of aryl methyl sites for hydroxylation is 1. The maximum Gasteiger partial charge on any atom is 0.333 e. The van der Waals surface area contributed by atoms with Crippen LogP contribution in [0.4, 0.5) is 8.78 Å². The number of ketones is 1. The zero-order valence-electron chi connectivity index (χ0n) is 18.0. The Labute approximate surface area is 192 Å². The van der Waals surface area contributed by atoms with Crippen molar-refractivity contribution in [2.75, 3.05) is 0 Å². The van der Waals surface area contributed by atoms with Crippen LogP contribution in [0.15, 0.2) is 60.9 Å². The summed E-state index contributed by atoms with van der Waals surface area (Å²) in [5.74, 6) is -3.07. The van der Waals surface area contributed by atoms with Gasteiger partial charge in [0.05, 0.1) is 11.1 Å². The topological polar surface area (TPSA) is 125 Å². The second-order valence-electron chi connectivity index (χ2n) is 7.63. The van der Waals surface area contributed by atoms with Crippen molar-refractivity contribution >= 4 is 28.5 Å². The molecule has 1 atom stereocenters. The number of nitrogens with zero attached hydrogens (tertiary/aromatic N) is 4. The van der Waals surface area contributed by atoms with E-state index < -0.39 is 30.2 Å². The molecule has 0 aliphatic heterocycles. The Morgan fingerprint density at radius 2 is 1.76 bits per heavy atom. The number of amides is 2. The van der Waals surface area contributed by atoms with Crippen molar-refractivity contribution in [2.45, 2.75) is 19.0 Å². The maximum atomic E-state index is 13.5. The van der Waals surface area contributed by atoms with Gasteiger partial charge in [0.15, 0.2) is 0 Å². The minimum absolute atomic E-state index is 0.00907. The molecule has 2 aromatic heterocycles. The van der Waals surface area contributed by atoms with Crippen molar-refractivity contribution in [3.63, 3.8) is 0 Å². The lowest BCUT2D eigenvalue weighted by Crippen LogP contribution is -2.47. The van der Waals surface area contributed by atoms with Gasteiger partial charge in [-0.25, -0.2) is 4.68 Å². The minimum atomic E-state index is -3.00. The van der Waals surface area contributed by atoms with Crippen LogP contribution in [-0.2, 0) is 23.1 Å². The summed E-state index contributed by atoms with van der Waals surface area (Å²) in [4.78, 5) is 37.2. The molecule has 0 radical (unpaired) electrons. The number of halogens is 2. The molecule has 4 rings (SSSR count). The number of carbonyl (C=O) groups is 3. The molecule has 11 heteroatoms. The number of hydrogen-bond acceptors (Lipinski definition) is 5. The van der Waals surface area contributed by atoms with Gasteiger partial charge in [0.25, 0.3) is 11.8 Å². The second kappa shape index (κ2) is 9.22. The number of primary amides is 1. The zero-order valence-corrected chi connectivity index (χ0v) is 18.0. The molecule has 0 saturated heterocycles. The van der Waals surface area contributed by atoms with Gasteiger partial charge in [-0.2, -0.15) is 19.0 Å². The lowest BCUT2D eigenvalue weighted by Gasteiger charge is -2.16. The van der Waals surface area contributed by atoms with Crippen molar-refractivity contribution < 1.29 is 23.2 Å². The molecule has 1 unspecified atom stereocenters. The van der Waals surface area contributed by atoms with Crippen molar-refractivity contribution in [3.8, 4) is 11.3 Å². The molecule has 0 aliphatic rings. The van der Waals surface area contributed by atoms with Crippen LogP contribution in [0.5, 0.6) is 0 Å². The van der Waals surface area contributed by atoms with Gasteiger partial charge >= 0.3 is 6.55 Å². The average Bonchev–Trinajstić information content (AvgIpc) is 3.42. The number of fused-ring (bicyclic) bond motifs is 1. The van der Waals surface area contributed by atoms with E-state index >= 15 is 0 Å². The van der Waals surface area contributed by atoms with Gasteiger partial charge < -0.3 is 11.1 Å². The van der Waals surface area contributed by atoms with E-state index in [4.69, 9.17) is 5.73 Å². The summed E-state index contributed by atoms with van der Waals surface area (Å²) in [5.41, 5.74) is 6.64. The highest BCUT2D eigenvalue weighted by atomic mass is 19.3. The highest BCUT2D eigenvalue weighted by molar-refractivity contribution is 6.38. The Hall–Kier alpha value is -4.41. The number of nitrogens with two attached hydrogens (primary N) is 1. The zero-order chi connectivity index (χ0) is 24.4. The van der Waals surface area contributed by atoms with Gasteiger partial charge in [0, 0.05) is 36.8 Å². The first-order valence-corrected chi connectivity index (χ1v) is 10.2. The molecular formula is C23H20F2N6O3. The van der Waals surface area contributed by atoms with E-state index in [9.17, 15) is 23.2 Å². The summed E-state index contributed by atoms with van der Waals surface area (Å²) in [6.45, 7) is -3.00. The molecule has 4 aromatic rings. The molecule has 3 N–H and O–H groups in total. The number of carbonyl (C=O) groups excluding carboxylic acids is 3. The molecule has 0 spiro atoms. The van der Waals surface area contributed by atoms with Crippen LogP contribution in [0.2, 0.25) is 0 Å². The molecule has 174 valence electrons. The lowest BCUT2D eigenvalue weighted by atomic mass is 10.0. The monoisotopic (exact) mass is 466 g/mol. The van der Waals surface area contributed by atoms with Gasteiger partial charge in [-0.1, -0.05) is 42.5 Å². The van der Waals surface area contributed by atoms with E-state index in [1.54, 1.807) is 66.5 Å². The maximum absolute atomic E-state index is 13.5. The van der Waals surface area contributed by atoms with E-state index in [0.717, 1.165) is 6.20 Å². The average molecular weight is 466 g/mol. The van der Waals surface area contributed by atoms with E-state index in [0.29, 0.717) is 26.7 Å². The smallest absolute Gasteiger partial charge is 0.333 e. The quantitative estimate of drug-likeness (QED) is 0.385. The number of nitrogens with one attached hydrogen (secondary N) is 1. The Balaban J connectivity index is 1.74. The van der Waals surface area contributed by atoms with Crippen LogP contribution in [-0.4, -0.2) is 43.2 Å². The lowest BCUT2D eigenvalue weighted by molar-refractivity contribution is -0.137. The minimum Gasteiger partial charge on any atom is -0.363 e. The van der Waals surface area contributed by atoms with E-state index in [-0.39, 0.29) is 17.7 Å². The fraction of sp³-hybridized carbons (Fsp3) is 0.174. The summed E-state index contributed by atoms with van der Waals surface area (Å²) in [7, 11) is 1.71. The summed E-state index contributed by atoms with van der Waals surface area (Å²) in [6.07, 6.45) is 2.58. The van der Waals surface area contributed by atoms with Gasteiger partial charge in [-0.15, -0.1) is 0 Å². The Morgan fingerprint density at radius 3 is 2.44 bits per heavy atom. The summed E-state index contributed by atoms with van der Waals surface area (Å²) in [5, 5.41) is 11.3. The molecule has 0 fully saturated rings. The van der Waals surface area contributed by atoms with Crippen LogP contribution in [0.25, 0.3) is 22.2 Å². The Morgan fingerprint density at radius 1 is 1.03 bits per heavy atom. The number of hydrogen-bond donors (Lipinski definition) is 2. The van der Waals surface area contributed by atoms with Crippen molar-refractivity contribution in [1.29, 1.82) is 0 Å². The Bertz CT molecular complexity index is 1380. The standard InChI is InChI=1S/C23H20F2N6O3/c1-30-11-15-14(8-5-9-17(15)28-30)19-16(12-31(29-19)23(24)25)22(34)27-18(20(32)21(26)33)10-13-6-3-2-4-7-13/h2-9,11-12,18,23H,10H2,1H3,(H2,26,33)(H,27,34). The number of benzene rings is 2. The molecule has 0 aliphatic carbocycles. The van der Waals surface area contributed by atoms with Crippen molar-refractivity contribution in [3.05, 3.63) is 72.1 Å². The first-order valence-electron chi connectivity index (χ1n) is 10.2. The van der Waals surface area contributed by atoms with Crippen molar-refractivity contribution in [2.24, 2.45) is 12.8 Å². The number of alkyl halides is 2. The van der Waals surface area contributed by atoms with Crippen molar-refractivity contribution in [1.82, 2.24) is 24.9 Å². The summed E-state index contributed by atoms with van der Waals surface area (Å²) in [6, 6.07) is 12.4. The highest BCUT2D eigenvalue weighted by Crippen LogP contribution is 2.30. The summed E-state index contributed by atoms with van der Waals surface area (Å²) >= 11 is 0. The van der Waals surface area contributed by atoms with Crippen LogP contribution in [0.3, 0.4) is 0 Å². The predicted molar refractivity (Wildman–Crippen MR) is 119 cm³/mol. The summed E-state index contributed by atoms with van der Waals surface area (Å²) < 4.78 is 28.9. The molecule has 9 nitrogen and oxygen atoms in total. The first-order chi connectivity index (χ1) is 16.2. The van der Waals surface area contributed by atoms with Gasteiger partial charge in [0.2, 0.25) is 5.78 Å². The second-order valence-corrected chi connectivity index (χ2v) is 7.63. The fourth-order valence-corrected chi connectivity index (χ4v) is 3.69. The van der Waals surface area contributed by atoms with Gasteiger partial charge in [-0.3, -0.25) is 19.1 Å². The molecule has 0 bridgehead atoms. The number of aromatic nitrogens is 4. The fourth-order valence-electron chi connectivity index (χ4n) is 3.69. The largest absolute Gasteiger partial charge is 0.363 e. The molecule has 2 heterocycles. The van der Waals surface area contributed by atoms with E-state index in [2.05, 4.69) is 15.5 Å². The third kappa shape index (κ3) is 4.53. The van der Waals surface area contributed by atoms with E-state index in [1.165, 1.54) is 0 Å². The first kappa shape index (κ1) is 22.8. The highest BCUT2D eigenvalue weighted by Gasteiger charge is 2.29. The molecule has 2 aromatic carbocycles. The molecule has 34 heavy (non-hydrogen) atoms. The van der Waals surface area contributed by atoms with Crippen LogP contribution in [0, 0.1) is 0 Å². The third-order valence-corrected chi connectivity index (χ3v) is 5.24. The SMILES string of the molecule is Cn1cc2c(-c3nn(C(F)F)cc3C(=O)NC(Cc3ccccc3)C(=O)C(N)=O)cccc2n1.